The van der Waals surface area contributed by atoms with E-state index in [1.165, 1.54) is 16.2 Å². The molecular formula is C13H12N2O4S. The topological polar surface area (TPSA) is 90.7 Å². The number of aliphatic hydroxyl groups excluding tert-OH is 1. The molecule has 20 heavy (non-hydrogen) atoms. The molecule has 2 aromatic rings. The van der Waals surface area contributed by atoms with Crippen molar-refractivity contribution in [1.82, 2.24) is 9.88 Å². The van der Waals surface area contributed by atoms with Crippen LogP contribution in [-0.2, 0) is 4.79 Å². The number of aromatic nitrogens is 1. The maximum absolute atomic E-state index is 12.4. The number of likely N-dealkylation sites (tertiary alicyclic amines) is 1. The number of amides is 1. The van der Waals surface area contributed by atoms with Crippen LogP contribution in [0, 0.1) is 0 Å². The number of carboxylic acid groups (broad SMARTS) is 1. The Morgan fingerprint density at radius 3 is 2.95 bits per heavy atom. The number of carboxylic acids is 1. The molecule has 0 saturated carbocycles. The highest BCUT2D eigenvalue weighted by atomic mass is 32.1. The lowest BCUT2D eigenvalue weighted by atomic mass is 10.1. The van der Waals surface area contributed by atoms with Crippen molar-refractivity contribution in [2.75, 3.05) is 6.54 Å². The van der Waals surface area contributed by atoms with Crippen molar-refractivity contribution in [3.05, 3.63) is 29.3 Å². The molecule has 1 unspecified atom stereocenters. The summed E-state index contributed by atoms with van der Waals surface area (Å²) < 4.78 is 0.877. The number of hydrogen-bond acceptors (Lipinski definition) is 5. The average Bonchev–Trinajstić information content (AvgIpc) is 3.02. The van der Waals surface area contributed by atoms with Gasteiger partial charge in [0.15, 0.2) is 0 Å². The zero-order valence-corrected chi connectivity index (χ0v) is 11.2. The molecule has 1 fully saturated rings. The van der Waals surface area contributed by atoms with Crippen LogP contribution in [0.4, 0.5) is 0 Å². The molecule has 1 aromatic carbocycles. The van der Waals surface area contributed by atoms with Crippen LogP contribution in [0.25, 0.3) is 10.2 Å². The monoisotopic (exact) mass is 292 g/mol. The second kappa shape index (κ2) is 4.84. The minimum atomic E-state index is -1.09. The number of β-amino-alcohol motifs (C(OH)–C–C–N with tert-alkyl or cyclic N) is 1. The lowest BCUT2D eigenvalue weighted by Gasteiger charge is -2.21. The van der Waals surface area contributed by atoms with E-state index in [-0.39, 0.29) is 18.9 Å². The Kier molecular flexibility index (Phi) is 3.15. The lowest BCUT2D eigenvalue weighted by Crippen LogP contribution is -2.40. The van der Waals surface area contributed by atoms with E-state index in [1.807, 2.05) is 0 Å². The van der Waals surface area contributed by atoms with Crippen molar-refractivity contribution < 1.29 is 19.8 Å². The Morgan fingerprint density at radius 2 is 2.20 bits per heavy atom. The molecule has 1 saturated heterocycles. The normalized spacial score (nSPS) is 22.4. The first-order valence-corrected chi connectivity index (χ1v) is 6.99. The van der Waals surface area contributed by atoms with Crippen LogP contribution in [0.1, 0.15) is 16.8 Å². The second-order valence-corrected chi connectivity index (χ2v) is 5.62. The summed E-state index contributed by atoms with van der Waals surface area (Å²) in [5.74, 6) is -1.46. The third-order valence-corrected chi connectivity index (χ3v) is 4.19. The molecule has 3 rings (SSSR count). The molecule has 1 aliphatic rings. The summed E-state index contributed by atoms with van der Waals surface area (Å²) in [4.78, 5) is 28.9. The summed E-state index contributed by atoms with van der Waals surface area (Å²) in [6.45, 7) is 0.0521. The van der Waals surface area contributed by atoms with Gasteiger partial charge in [0.1, 0.15) is 6.04 Å². The largest absolute Gasteiger partial charge is 0.480 e. The van der Waals surface area contributed by atoms with E-state index in [0.29, 0.717) is 5.56 Å². The summed E-state index contributed by atoms with van der Waals surface area (Å²) in [5.41, 5.74) is 2.92. The Labute approximate surface area is 118 Å². The number of carbonyl (C=O) groups excluding carboxylic acids is 1. The van der Waals surface area contributed by atoms with Crippen LogP contribution in [-0.4, -0.2) is 50.7 Å². The van der Waals surface area contributed by atoms with Gasteiger partial charge in [0, 0.05) is 18.5 Å². The SMILES string of the molecule is O=C(O)[C@@H]1CC(O)CN1C(=O)c1ccc2ncsc2c1. The number of thiazole rings is 1. The Balaban J connectivity index is 1.92. The molecule has 1 aliphatic heterocycles. The van der Waals surface area contributed by atoms with Gasteiger partial charge in [-0.15, -0.1) is 11.3 Å². The highest BCUT2D eigenvalue weighted by molar-refractivity contribution is 7.16. The van der Waals surface area contributed by atoms with Crippen LogP contribution in [0.3, 0.4) is 0 Å². The Hall–Kier alpha value is -1.99. The molecular weight excluding hydrogens is 280 g/mol. The summed E-state index contributed by atoms with van der Waals surface area (Å²) in [5, 5.41) is 18.7. The fourth-order valence-corrected chi connectivity index (χ4v) is 3.14. The number of rotatable bonds is 2. The predicted octanol–water partition coefficient (Wildman–Crippen LogP) is 0.956. The first kappa shape index (κ1) is 13.0. The fraction of sp³-hybridized carbons (Fsp3) is 0.308. The highest BCUT2D eigenvalue weighted by Crippen LogP contribution is 2.24. The standard InChI is InChI=1S/C13H12N2O4S/c16-8-4-10(13(18)19)15(5-8)12(17)7-1-2-9-11(3-7)20-6-14-9/h1-3,6,8,10,16H,4-5H2,(H,18,19)/t8?,10-/m0/s1. The van der Waals surface area contributed by atoms with Gasteiger partial charge in [-0.1, -0.05) is 0 Å². The summed E-state index contributed by atoms with van der Waals surface area (Å²) in [6.07, 6.45) is -0.712. The van der Waals surface area contributed by atoms with Crippen LogP contribution < -0.4 is 0 Å². The van der Waals surface area contributed by atoms with Gasteiger partial charge in [-0.2, -0.15) is 0 Å². The summed E-state index contributed by atoms with van der Waals surface area (Å²) in [6, 6.07) is 4.11. The van der Waals surface area contributed by atoms with Crippen molar-refractivity contribution in [2.24, 2.45) is 0 Å². The van der Waals surface area contributed by atoms with Crippen molar-refractivity contribution in [3.63, 3.8) is 0 Å². The smallest absolute Gasteiger partial charge is 0.326 e. The molecule has 1 amide bonds. The number of aliphatic hydroxyl groups is 1. The number of hydrogen-bond donors (Lipinski definition) is 2. The molecule has 2 atom stereocenters. The molecule has 104 valence electrons. The van der Waals surface area contributed by atoms with Gasteiger partial charge in [-0.05, 0) is 18.2 Å². The fourth-order valence-electron chi connectivity index (χ4n) is 2.43. The minimum Gasteiger partial charge on any atom is -0.480 e. The van der Waals surface area contributed by atoms with Crippen molar-refractivity contribution >= 4 is 33.4 Å². The van der Waals surface area contributed by atoms with Gasteiger partial charge in [0.2, 0.25) is 0 Å². The Bertz CT molecular complexity index is 684. The maximum atomic E-state index is 12.4. The third-order valence-electron chi connectivity index (χ3n) is 3.40. The van der Waals surface area contributed by atoms with Gasteiger partial charge in [0.25, 0.3) is 5.91 Å². The molecule has 0 spiro atoms. The second-order valence-electron chi connectivity index (χ2n) is 4.74. The van der Waals surface area contributed by atoms with Gasteiger partial charge >= 0.3 is 5.97 Å². The first-order valence-electron chi connectivity index (χ1n) is 6.11. The van der Waals surface area contributed by atoms with Gasteiger partial charge < -0.3 is 15.1 Å². The lowest BCUT2D eigenvalue weighted by molar-refractivity contribution is -0.141. The average molecular weight is 292 g/mol. The number of carbonyl (C=O) groups is 2. The summed E-state index contributed by atoms with van der Waals surface area (Å²) >= 11 is 1.42. The number of fused-ring (bicyclic) bond motifs is 1. The third kappa shape index (κ3) is 2.14. The van der Waals surface area contributed by atoms with E-state index in [0.717, 1.165) is 10.2 Å². The molecule has 0 aliphatic carbocycles. The van der Waals surface area contributed by atoms with Crippen LogP contribution in [0.15, 0.2) is 23.7 Å². The van der Waals surface area contributed by atoms with E-state index in [1.54, 1.807) is 23.7 Å². The number of benzene rings is 1. The number of nitrogens with zero attached hydrogens (tertiary/aromatic N) is 2. The molecule has 2 heterocycles. The number of aliphatic carboxylic acids is 1. The van der Waals surface area contributed by atoms with E-state index in [4.69, 9.17) is 5.11 Å². The van der Waals surface area contributed by atoms with Crippen molar-refractivity contribution in [3.8, 4) is 0 Å². The quantitative estimate of drug-likeness (QED) is 0.860. The molecule has 2 N–H and O–H groups in total. The molecule has 1 aromatic heterocycles. The van der Waals surface area contributed by atoms with Gasteiger partial charge in [-0.25, -0.2) is 9.78 Å². The molecule has 0 radical (unpaired) electrons. The minimum absolute atomic E-state index is 0.0521. The molecule has 6 nitrogen and oxygen atoms in total. The Morgan fingerprint density at radius 1 is 1.40 bits per heavy atom. The van der Waals surface area contributed by atoms with E-state index < -0.39 is 18.1 Å². The summed E-state index contributed by atoms with van der Waals surface area (Å²) in [7, 11) is 0. The van der Waals surface area contributed by atoms with E-state index in [9.17, 15) is 14.7 Å². The van der Waals surface area contributed by atoms with Crippen LogP contribution in [0.2, 0.25) is 0 Å². The van der Waals surface area contributed by atoms with Gasteiger partial charge in [0.05, 0.1) is 21.8 Å². The molecule has 0 bridgehead atoms. The molecule has 7 heteroatoms. The van der Waals surface area contributed by atoms with E-state index in [2.05, 4.69) is 4.98 Å². The van der Waals surface area contributed by atoms with E-state index >= 15 is 0 Å². The van der Waals surface area contributed by atoms with Gasteiger partial charge in [-0.3, -0.25) is 4.79 Å². The maximum Gasteiger partial charge on any atom is 0.326 e. The van der Waals surface area contributed by atoms with Crippen LogP contribution in [0.5, 0.6) is 0 Å². The highest BCUT2D eigenvalue weighted by Gasteiger charge is 2.39. The zero-order valence-electron chi connectivity index (χ0n) is 10.4. The van der Waals surface area contributed by atoms with Crippen LogP contribution >= 0.6 is 11.3 Å². The zero-order chi connectivity index (χ0) is 14.3. The van der Waals surface area contributed by atoms with Crippen molar-refractivity contribution in [1.29, 1.82) is 0 Å². The first-order chi connectivity index (χ1) is 9.56. The van der Waals surface area contributed by atoms with Crippen molar-refractivity contribution in [2.45, 2.75) is 18.6 Å². The predicted molar refractivity (Wildman–Crippen MR) is 72.7 cm³/mol.